The second-order valence-electron chi connectivity index (χ2n) is 7.92. The van der Waals surface area contributed by atoms with E-state index in [9.17, 15) is 5.11 Å². The minimum atomic E-state index is -0.485. The third kappa shape index (κ3) is 4.82. The predicted molar refractivity (Wildman–Crippen MR) is 116 cm³/mol. The van der Waals surface area contributed by atoms with Gasteiger partial charge in [-0.2, -0.15) is 9.97 Å². The Labute approximate surface area is 171 Å². The standard InChI is InChI=1S/C21H31N7O/c1-6-16(18(29)13(2)3)25-21-26-19(23-11-15-8-7-9-22-10-15)17-20(27-21)28(12-24-17)14(4)5/h7-10,12-14,16,18,29H,6,11H2,1-5H3,(H2,23,25,26,27)/t16-,18-/m0/s1. The normalized spacial score (nSPS) is 13.8. The molecule has 0 aliphatic carbocycles. The molecular formula is C21H31N7O. The van der Waals surface area contributed by atoms with Crippen LogP contribution in [0.5, 0.6) is 0 Å². The largest absolute Gasteiger partial charge is 0.391 e. The molecule has 0 aliphatic rings. The average Bonchev–Trinajstić information content (AvgIpc) is 3.14. The molecular weight excluding hydrogens is 366 g/mol. The van der Waals surface area contributed by atoms with Gasteiger partial charge in [0, 0.05) is 25.0 Å². The number of nitrogens with one attached hydrogen (secondary N) is 2. The van der Waals surface area contributed by atoms with Crippen LogP contribution in [-0.4, -0.2) is 41.8 Å². The maximum absolute atomic E-state index is 10.5. The number of aliphatic hydroxyl groups is 1. The van der Waals surface area contributed by atoms with Gasteiger partial charge in [-0.25, -0.2) is 4.98 Å². The molecule has 3 heterocycles. The Balaban J connectivity index is 1.95. The van der Waals surface area contributed by atoms with E-state index in [1.54, 1.807) is 12.5 Å². The summed E-state index contributed by atoms with van der Waals surface area (Å²) >= 11 is 0. The average molecular weight is 398 g/mol. The number of hydrogen-bond acceptors (Lipinski definition) is 7. The summed E-state index contributed by atoms with van der Waals surface area (Å²) in [5.41, 5.74) is 2.55. The first kappa shape index (κ1) is 21.0. The minimum absolute atomic E-state index is 0.131. The second-order valence-corrected chi connectivity index (χ2v) is 7.92. The lowest BCUT2D eigenvalue weighted by molar-refractivity contribution is 0.103. The van der Waals surface area contributed by atoms with Gasteiger partial charge < -0.3 is 20.3 Å². The lowest BCUT2D eigenvalue weighted by Gasteiger charge is -2.26. The molecule has 0 amide bonds. The summed E-state index contributed by atoms with van der Waals surface area (Å²) in [4.78, 5) is 18.1. The van der Waals surface area contributed by atoms with Crippen LogP contribution in [-0.2, 0) is 6.54 Å². The van der Waals surface area contributed by atoms with Crippen LogP contribution < -0.4 is 10.6 Å². The molecule has 3 aromatic rings. The number of rotatable bonds is 9. The van der Waals surface area contributed by atoms with Gasteiger partial charge in [0.2, 0.25) is 5.95 Å². The topological polar surface area (TPSA) is 101 Å². The van der Waals surface area contributed by atoms with Crippen molar-refractivity contribution in [3.63, 3.8) is 0 Å². The van der Waals surface area contributed by atoms with Crippen LogP contribution in [0.25, 0.3) is 11.2 Å². The maximum atomic E-state index is 10.5. The zero-order chi connectivity index (χ0) is 21.0. The molecule has 0 aliphatic heterocycles. The quantitative estimate of drug-likeness (QED) is 0.507. The van der Waals surface area contributed by atoms with E-state index in [2.05, 4.69) is 39.4 Å². The highest BCUT2D eigenvalue weighted by Crippen LogP contribution is 2.25. The molecule has 156 valence electrons. The summed E-state index contributed by atoms with van der Waals surface area (Å²) < 4.78 is 2.03. The Kier molecular flexibility index (Phi) is 6.64. The molecule has 3 N–H and O–H groups in total. The number of hydrogen-bond donors (Lipinski definition) is 3. The summed E-state index contributed by atoms with van der Waals surface area (Å²) in [6, 6.07) is 4.01. The van der Waals surface area contributed by atoms with E-state index in [1.807, 2.05) is 43.7 Å². The minimum Gasteiger partial charge on any atom is -0.391 e. The van der Waals surface area contributed by atoms with E-state index in [4.69, 9.17) is 4.98 Å². The summed E-state index contributed by atoms with van der Waals surface area (Å²) in [6.07, 6.45) is 5.65. The Bertz CT molecular complexity index is 923. The first-order valence-electron chi connectivity index (χ1n) is 10.2. The molecule has 3 rings (SSSR count). The number of fused-ring (bicyclic) bond motifs is 1. The van der Waals surface area contributed by atoms with Crippen molar-refractivity contribution in [2.24, 2.45) is 5.92 Å². The van der Waals surface area contributed by atoms with Gasteiger partial charge in [-0.3, -0.25) is 4.98 Å². The number of imidazole rings is 1. The smallest absolute Gasteiger partial charge is 0.227 e. The van der Waals surface area contributed by atoms with E-state index in [0.29, 0.717) is 18.3 Å². The molecule has 0 aromatic carbocycles. The highest BCUT2D eigenvalue weighted by molar-refractivity contribution is 5.84. The zero-order valence-corrected chi connectivity index (χ0v) is 17.8. The molecule has 3 aromatic heterocycles. The Morgan fingerprint density at radius 3 is 2.59 bits per heavy atom. The van der Waals surface area contributed by atoms with Crippen molar-refractivity contribution >= 4 is 22.9 Å². The Hall–Kier alpha value is -2.74. The van der Waals surface area contributed by atoms with E-state index < -0.39 is 6.10 Å². The van der Waals surface area contributed by atoms with Crippen LogP contribution in [0.3, 0.4) is 0 Å². The molecule has 0 saturated heterocycles. The Morgan fingerprint density at radius 2 is 1.97 bits per heavy atom. The fourth-order valence-corrected chi connectivity index (χ4v) is 3.23. The molecule has 0 bridgehead atoms. The van der Waals surface area contributed by atoms with Crippen molar-refractivity contribution in [2.75, 3.05) is 10.6 Å². The highest BCUT2D eigenvalue weighted by atomic mass is 16.3. The molecule has 0 spiro atoms. The summed E-state index contributed by atoms with van der Waals surface area (Å²) in [5, 5.41) is 17.2. The van der Waals surface area contributed by atoms with Crippen LogP contribution >= 0.6 is 0 Å². The van der Waals surface area contributed by atoms with E-state index in [-0.39, 0.29) is 18.0 Å². The van der Waals surface area contributed by atoms with Crippen molar-refractivity contribution in [3.05, 3.63) is 36.4 Å². The van der Waals surface area contributed by atoms with Crippen molar-refractivity contribution in [1.82, 2.24) is 24.5 Å². The van der Waals surface area contributed by atoms with Crippen LogP contribution in [0.2, 0.25) is 0 Å². The van der Waals surface area contributed by atoms with Gasteiger partial charge >= 0.3 is 0 Å². The first-order chi connectivity index (χ1) is 13.9. The highest BCUT2D eigenvalue weighted by Gasteiger charge is 2.23. The van der Waals surface area contributed by atoms with Gasteiger partial charge in [0.05, 0.1) is 18.5 Å². The molecule has 2 atom stereocenters. The summed E-state index contributed by atoms with van der Waals surface area (Å²) in [6.45, 7) is 10.8. The fourth-order valence-electron chi connectivity index (χ4n) is 3.23. The number of pyridine rings is 1. The molecule has 0 radical (unpaired) electrons. The molecule has 0 unspecified atom stereocenters. The SMILES string of the molecule is CC[C@H](Nc1nc(NCc2cccnc2)c2ncn(C(C)C)c2n1)[C@@H](O)C(C)C. The zero-order valence-electron chi connectivity index (χ0n) is 17.8. The molecule has 0 fully saturated rings. The van der Waals surface area contributed by atoms with Gasteiger partial charge in [0.15, 0.2) is 17.0 Å². The number of nitrogens with zero attached hydrogens (tertiary/aromatic N) is 5. The molecule has 0 saturated carbocycles. The van der Waals surface area contributed by atoms with Gasteiger partial charge in [-0.1, -0.05) is 26.8 Å². The number of anilines is 2. The number of aromatic nitrogens is 5. The van der Waals surface area contributed by atoms with E-state index >= 15 is 0 Å². The van der Waals surface area contributed by atoms with E-state index in [1.165, 1.54) is 0 Å². The van der Waals surface area contributed by atoms with E-state index in [0.717, 1.165) is 23.1 Å². The van der Waals surface area contributed by atoms with Crippen molar-refractivity contribution in [3.8, 4) is 0 Å². The van der Waals surface area contributed by atoms with Crippen molar-refractivity contribution in [1.29, 1.82) is 0 Å². The third-order valence-electron chi connectivity index (χ3n) is 5.01. The van der Waals surface area contributed by atoms with Gasteiger partial charge in [-0.15, -0.1) is 0 Å². The molecule has 8 nitrogen and oxygen atoms in total. The molecule has 29 heavy (non-hydrogen) atoms. The van der Waals surface area contributed by atoms with Crippen LogP contribution in [0, 0.1) is 5.92 Å². The third-order valence-corrected chi connectivity index (χ3v) is 5.01. The number of aliphatic hydroxyl groups excluding tert-OH is 1. The second kappa shape index (κ2) is 9.17. The monoisotopic (exact) mass is 397 g/mol. The van der Waals surface area contributed by atoms with Gasteiger partial charge in [-0.05, 0) is 37.8 Å². The predicted octanol–water partition coefficient (Wildman–Crippen LogP) is 3.62. The van der Waals surface area contributed by atoms with Gasteiger partial charge in [0.1, 0.15) is 0 Å². The lowest BCUT2D eigenvalue weighted by atomic mass is 9.98. The summed E-state index contributed by atoms with van der Waals surface area (Å²) in [7, 11) is 0. The summed E-state index contributed by atoms with van der Waals surface area (Å²) in [5.74, 6) is 1.29. The van der Waals surface area contributed by atoms with Crippen molar-refractivity contribution in [2.45, 2.75) is 65.8 Å². The van der Waals surface area contributed by atoms with Gasteiger partial charge in [0.25, 0.3) is 0 Å². The van der Waals surface area contributed by atoms with Crippen LogP contribution in [0.4, 0.5) is 11.8 Å². The maximum Gasteiger partial charge on any atom is 0.227 e. The Morgan fingerprint density at radius 1 is 1.17 bits per heavy atom. The van der Waals surface area contributed by atoms with Crippen LogP contribution in [0.1, 0.15) is 52.6 Å². The molecule has 8 heteroatoms. The van der Waals surface area contributed by atoms with Crippen molar-refractivity contribution < 1.29 is 5.11 Å². The van der Waals surface area contributed by atoms with Crippen LogP contribution in [0.15, 0.2) is 30.9 Å². The lowest BCUT2D eigenvalue weighted by Crippen LogP contribution is -2.37. The first-order valence-corrected chi connectivity index (χ1v) is 10.2. The fraction of sp³-hybridized carbons (Fsp3) is 0.524.